The van der Waals surface area contributed by atoms with Crippen LogP contribution in [0.1, 0.15) is 18.1 Å². The molecule has 1 atom stereocenters. The van der Waals surface area contributed by atoms with E-state index >= 15 is 0 Å². The summed E-state index contributed by atoms with van der Waals surface area (Å²) in [4.78, 5) is 23.7. The average Bonchev–Trinajstić information content (AvgIpc) is 3.12. The van der Waals surface area contributed by atoms with E-state index in [1.165, 1.54) is 6.07 Å². The lowest BCUT2D eigenvalue weighted by atomic mass is 10.1. The number of hydrogen-bond donors (Lipinski definition) is 1. The first kappa shape index (κ1) is 18.1. The standard InChI is InChI=1S/C22H21NO5/c1-2-14-10-22(25)28-20-11-16(7-8-18(14)20)26-13-21(24)23-12-17-9-15-5-3-4-6-19(15)27-17/h3-8,10-11,17H,2,9,12-13H2,1H3,(H,23,24). The molecule has 2 aromatic carbocycles. The van der Waals surface area contributed by atoms with Crippen LogP contribution in [0.3, 0.4) is 0 Å². The monoisotopic (exact) mass is 379 g/mol. The summed E-state index contributed by atoms with van der Waals surface area (Å²) in [7, 11) is 0. The molecule has 3 aromatic rings. The summed E-state index contributed by atoms with van der Waals surface area (Å²) in [6.45, 7) is 2.28. The van der Waals surface area contributed by atoms with Crippen LogP contribution in [0.4, 0.5) is 0 Å². The minimum Gasteiger partial charge on any atom is -0.488 e. The Morgan fingerprint density at radius 2 is 2.07 bits per heavy atom. The van der Waals surface area contributed by atoms with Crippen LogP contribution in [-0.2, 0) is 17.6 Å². The smallest absolute Gasteiger partial charge is 0.336 e. The van der Waals surface area contributed by atoms with E-state index in [1.807, 2.05) is 37.3 Å². The summed E-state index contributed by atoms with van der Waals surface area (Å²) in [6.07, 6.45) is 1.45. The Morgan fingerprint density at radius 1 is 1.21 bits per heavy atom. The Balaban J connectivity index is 1.32. The maximum Gasteiger partial charge on any atom is 0.336 e. The van der Waals surface area contributed by atoms with Gasteiger partial charge in [-0.15, -0.1) is 0 Å². The van der Waals surface area contributed by atoms with E-state index in [1.54, 1.807) is 12.1 Å². The molecule has 0 spiro atoms. The normalized spacial score (nSPS) is 15.1. The molecule has 6 heteroatoms. The van der Waals surface area contributed by atoms with Crippen LogP contribution < -0.4 is 20.4 Å². The molecule has 6 nitrogen and oxygen atoms in total. The van der Waals surface area contributed by atoms with Gasteiger partial charge in [0.15, 0.2) is 6.61 Å². The number of amides is 1. The molecule has 28 heavy (non-hydrogen) atoms. The molecular formula is C22H21NO5. The second-order valence-electron chi connectivity index (χ2n) is 6.75. The number of fused-ring (bicyclic) bond motifs is 2. The highest BCUT2D eigenvalue weighted by molar-refractivity contribution is 5.82. The van der Waals surface area contributed by atoms with Gasteiger partial charge in [-0.3, -0.25) is 4.79 Å². The van der Waals surface area contributed by atoms with E-state index in [0.717, 1.165) is 35.1 Å². The fourth-order valence-electron chi connectivity index (χ4n) is 3.39. The van der Waals surface area contributed by atoms with Crippen molar-refractivity contribution in [2.75, 3.05) is 13.2 Å². The summed E-state index contributed by atoms with van der Waals surface area (Å²) in [5.74, 6) is 1.12. The Morgan fingerprint density at radius 3 is 2.89 bits per heavy atom. The number of hydrogen-bond acceptors (Lipinski definition) is 5. The van der Waals surface area contributed by atoms with Gasteiger partial charge < -0.3 is 19.2 Å². The minimum absolute atomic E-state index is 0.0660. The molecule has 1 unspecified atom stereocenters. The molecular weight excluding hydrogens is 358 g/mol. The quantitative estimate of drug-likeness (QED) is 0.667. The van der Waals surface area contributed by atoms with Gasteiger partial charge in [-0.25, -0.2) is 4.79 Å². The number of para-hydroxylation sites is 1. The summed E-state index contributed by atoms with van der Waals surface area (Å²) in [6, 6.07) is 14.6. The lowest BCUT2D eigenvalue weighted by Gasteiger charge is -2.12. The number of rotatable bonds is 6. The predicted octanol–water partition coefficient (Wildman–Crippen LogP) is 2.85. The van der Waals surface area contributed by atoms with Gasteiger partial charge in [0.2, 0.25) is 0 Å². The van der Waals surface area contributed by atoms with Crippen molar-refractivity contribution in [2.24, 2.45) is 0 Å². The molecule has 4 rings (SSSR count). The fraction of sp³-hybridized carbons (Fsp3) is 0.273. The number of benzene rings is 2. The molecule has 0 bridgehead atoms. The lowest BCUT2D eigenvalue weighted by molar-refractivity contribution is -0.123. The number of ether oxygens (including phenoxy) is 2. The Kier molecular flexibility index (Phi) is 5.02. The maximum absolute atomic E-state index is 12.1. The third-order valence-electron chi connectivity index (χ3n) is 4.79. The largest absolute Gasteiger partial charge is 0.488 e. The highest BCUT2D eigenvalue weighted by atomic mass is 16.5. The second kappa shape index (κ2) is 7.76. The van der Waals surface area contributed by atoms with Gasteiger partial charge in [-0.2, -0.15) is 0 Å². The van der Waals surface area contributed by atoms with Crippen molar-refractivity contribution in [3.8, 4) is 11.5 Å². The van der Waals surface area contributed by atoms with Crippen molar-refractivity contribution in [3.63, 3.8) is 0 Å². The molecule has 1 aromatic heterocycles. The van der Waals surface area contributed by atoms with E-state index in [4.69, 9.17) is 13.9 Å². The SMILES string of the molecule is CCc1cc(=O)oc2cc(OCC(=O)NCC3Cc4ccccc4O3)ccc12. The van der Waals surface area contributed by atoms with Crippen molar-refractivity contribution in [1.29, 1.82) is 0 Å². The van der Waals surface area contributed by atoms with E-state index in [0.29, 0.717) is 17.9 Å². The van der Waals surface area contributed by atoms with E-state index in [2.05, 4.69) is 5.32 Å². The molecule has 0 radical (unpaired) electrons. The molecule has 1 aliphatic heterocycles. The second-order valence-corrected chi connectivity index (χ2v) is 6.75. The summed E-state index contributed by atoms with van der Waals surface area (Å²) in [5.41, 5.74) is 2.14. The number of nitrogens with one attached hydrogen (secondary N) is 1. The maximum atomic E-state index is 12.1. The molecule has 0 fully saturated rings. The highest BCUT2D eigenvalue weighted by Crippen LogP contribution is 2.27. The highest BCUT2D eigenvalue weighted by Gasteiger charge is 2.22. The van der Waals surface area contributed by atoms with Crippen LogP contribution in [0.15, 0.2) is 57.7 Å². The number of carbonyl (C=O) groups is 1. The molecule has 0 aliphatic carbocycles. The van der Waals surface area contributed by atoms with Crippen molar-refractivity contribution in [1.82, 2.24) is 5.32 Å². The predicted molar refractivity (Wildman–Crippen MR) is 105 cm³/mol. The lowest BCUT2D eigenvalue weighted by Crippen LogP contribution is -2.37. The van der Waals surface area contributed by atoms with Crippen molar-refractivity contribution in [2.45, 2.75) is 25.9 Å². The van der Waals surface area contributed by atoms with Crippen LogP contribution >= 0.6 is 0 Å². The molecule has 1 aliphatic rings. The number of carbonyl (C=O) groups excluding carboxylic acids is 1. The molecule has 1 N–H and O–H groups in total. The van der Waals surface area contributed by atoms with Gasteiger partial charge in [-0.05, 0) is 35.7 Å². The van der Waals surface area contributed by atoms with Crippen molar-refractivity contribution in [3.05, 3.63) is 70.1 Å². The van der Waals surface area contributed by atoms with Crippen LogP contribution in [0, 0.1) is 0 Å². The fourth-order valence-corrected chi connectivity index (χ4v) is 3.39. The van der Waals surface area contributed by atoms with Gasteiger partial charge in [0.05, 0.1) is 6.54 Å². The molecule has 144 valence electrons. The zero-order valence-electron chi connectivity index (χ0n) is 15.6. The Bertz CT molecular complexity index is 1050. The molecule has 0 saturated heterocycles. The summed E-state index contributed by atoms with van der Waals surface area (Å²) in [5, 5.41) is 3.70. The van der Waals surface area contributed by atoms with E-state index in [9.17, 15) is 9.59 Å². The summed E-state index contributed by atoms with van der Waals surface area (Å²) >= 11 is 0. The van der Waals surface area contributed by atoms with Crippen LogP contribution in [0.2, 0.25) is 0 Å². The van der Waals surface area contributed by atoms with E-state index in [-0.39, 0.29) is 18.6 Å². The average molecular weight is 379 g/mol. The first-order chi connectivity index (χ1) is 13.6. The molecule has 0 saturated carbocycles. The third kappa shape index (κ3) is 3.86. The van der Waals surface area contributed by atoms with Crippen LogP contribution in [-0.4, -0.2) is 25.2 Å². The van der Waals surface area contributed by atoms with Crippen LogP contribution in [0.5, 0.6) is 11.5 Å². The summed E-state index contributed by atoms with van der Waals surface area (Å²) < 4.78 is 16.6. The Hall–Kier alpha value is -3.28. The first-order valence-electron chi connectivity index (χ1n) is 9.33. The van der Waals surface area contributed by atoms with Gasteiger partial charge in [0, 0.05) is 23.9 Å². The van der Waals surface area contributed by atoms with Gasteiger partial charge in [0.1, 0.15) is 23.2 Å². The molecule has 2 heterocycles. The zero-order chi connectivity index (χ0) is 19.5. The number of aryl methyl sites for hydroxylation is 1. The minimum atomic E-state index is -0.392. The zero-order valence-corrected chi connectivity index (χ0v) is 15.6. The Labute approximate surface area is 162 Å². The van der Waals surface area contributed by atoms with Gasteiger partial charge in [0.25, 0.3) is 5.91 Å². The van der Waals surface area contributed by atoms with E-state index < -0.39 is 5.63 Å². The third-order valence-corrected chi connectivity index (χ3v) is 4.79. The van der Waals surface area contributed by atoms with Gasteiger partial charge >= 0.3 is 5.63 Å². The van der Waals surface area contributed by atoms with Crippen LogP contribution in [0.25, 0.3) is 11.0 Å². The topological polar surface area (TPSA) is 77.8 Å². The first-order valence-corrected chi connectivity index (χ1v) is 9.33. The molecule has 1 amide bonds. The van der Waals surface area contributed by atoms with Crippen molar-refractivity contribution < 1.29 is 18.7 Å². The van der Waals surface area contributed by atoms with Crippen molar-refractivity contribution >= 4 is 16.9 Å². The van der Waals surface area contributed by atoms with Gasteiger partial charge in [-0.1, -0.05) is 25.1 Å².